The smallest absolute Gasteiger partial charge is 0.160 e. The predicted molar refractivity (Wildman–Crippen MR) is 46.9 cm³/mol. The van der Waals surface area contributed by atoms with Gasteiger partial charge in [-0.05, 0) is 12.2 Å². The first-order chi connectivity index (χ1) is 4.56. The van der Waals surface area contributed by atoms with E-state index in [9.17, 15) is 0 Å². The van der Waals surface area contributed by atoms with Crippen LogP contribution in [0.2, 0.25) is 0 Å². The third kappa shape index (κ3) is 335. The number of hydrogen-bond donors (Lipinski definition) is 2. The standard InChI is InChI=1S/CH4N2S.2CHNS/c2-1(3)4;2*2-1-3/h(H4,2,3,4);2*3H/p-2. The number of nitriles is 2. The second-order valence-electron chi connectivity index (χ2n) is 0.585. The van der Waals surface area contributed by atoms with E-state index in [2.05, 4.69) is 48.9 Å². The average Bonchev–Trinajstić information content (AvgIpc) is 1.65. The van der Waals surface area contributed by atoms with Crippen molar-refractivity contribution in [2.45, 2.75) is 0 Å². The maximum absolute atomic E-state index is 7.13. The van der Waals surface area contributed by atoms with Crippen LogP contribution in [0.4, 0.5) is 0 Å². The molecule has 0 radical (unpaired) electrons. The first-order valence-corrected chi connectivity index (χ1v) is 2.86. The van der Waals surface area contributed by atoms with Crippen molar-refractivity contribution < 1.29 is 0 Å². The zero-order valence-corrected chi connectivity index (χ0v) is 7.22. The highest BCUT2D eigenvalue weighted by Crippen LogP contribution is 1.32. The number of rotatable bonds is 0. The van der Waals surface area contributed by atoms with Crippen molar-refractivity contribution in [2.75, 3.05) is 0 Å². The fraction of sp³-hybridized carbons (Fsp3) is 0. The van der Waals surface area contributed by atoms with E-state index in [0.717, 1.165) is 0 Å². The van der Waals surface area contributed by atoms with Crippen LogP contribution in [0.3, 0.4) is 0 Å². The summed E-state index contributed by atoms with van der Waals surface area (Å²) in [4.78, 5) is 0. The van der Waals surface area contributed by atoms with E-state index in [-0.39, 0.29) is 5.11 Å². The summed E-state index contributed by atoms with van der Waals surface area (Å²) in [6.07, 6.45) is 0. The van der Waals surface area contributed by atoms with Gasteiger partial charge in [0.25, 0.3) is 0 Å². The van der Waals surface area contributed by atoms with Gasteiger partial charge in [0, 0.05) is 0 Å². The third-order valence-corrected chi connectivity index (χ3v) is 0. The van der Waals surface area contributed by atoms with Gasteiger partial charge in [-0.25, -0.2) is 10.5 Å². The van der Waals surface area contributed by atoms with Crippen molar-refractivity contribution in [1.29, 1.82) is 10.5 Å². The van der Waals surface area contributed by atoms with Crippen molar-refractivity contribution in [2.24, 2.45) is 11.5 Å². The molecule has 4 N–H and O–H groups in total. The molecule has 0 amide bonds. The summed E-state index contributed by atoms with van der Waals surface area (Å²) >= 11 is 11.5. The Morgan fingerprint density at radius 3 is 1.20 bits per heavy atom. The molecule has 0 rings (SSSR count). The summed E-state index contributed by atoms with van der Waals surface area (Å²) in [6, 6.07) is 0. The molecule has 0 saturated carbocycles. The van der Waals surface area contributed by atoms with Gasteiger partial charge in [0.15, 0.2) is 5.11 Å². The highest BCUT2D eigenvalue weighted by atomic mass is 32.1. The molecule has 0 heterocycles. The van der Waals surface area contributed by atoms with Crippen LogP contribution in [0.15, 0.2) is 0 Å². The van der Waals surface area contributed by atoms with Gasteiger partial charge in [-0.15, -0.1) is 0 Å². The molecule has 10 heavy (non-hydrogen) atoms. The van der Waals surface area contributed by atoms with Crippen LogP contribution in [0.5, 0.6) is 0 Å². The minimum Gasteiger partial charge on any atom is -0.696 e. The lowest BCUT2D eigenvalue weighted by Gasteiger charge is -1.68. The van der Waals surface area contributed by atoms with Crippen molar-refractivity contribution in [1.82, 2.24) is 0 Å². The maximum atomic E-state index is 7.13. The van der Waals surface area contributed by atoms with Crippen LogP contribution in [-0.2, 0) is 25.3 Å². The van der Waals surface area contributed by atoms with Gasteiger partial charge in [-0.2, -0.15) is 0 Å². The molecular weight excluding hydrogens is 188 g/mol. The molecule has 0 aromatic rings. The van der Waals surface area contributed by atoms with Crippen LogP contribution >= 0.6 is 12.2 Å². The molecule has 0 aliphatic heterocycles. The lowest BCUT2D eigenvalue weighted by atomic mass is 11.3. The van der Waals surface area contributed by atoms with Crippen molar-refractivity contribution >= 4 is 42.6 Å². The van der Waals surface area contributed by atoms with Crippen molar-refractivity contribution in [3.8, 4) is 10.8 Å². The minimum absolute atomic E-state index is 0.000000000000000222. The number of hydrogen-bond acceptors (Lipinski definition) is 5. The van der Waals surface area contributed by atoms with E-state index < -0.39 is 0 Å². The molecule has 0 fully saturated rings. The first kappa shape index (κ1) is 16.1. The van der Waals surface area contributed by atoms with E-state index in [1.54, 1.807) is 0 Å². The van der Waals surface area contributed by atoms with Gasteiger partial charge in [0.1, 0.15) is 0 Å². The minimum atomic E-state index is 0.000000000000000222. The van der Waals surface area contributed by atoms with Crippen LogP contribution in [0.25, 0.3) is 0 Å². The SMILES string of the molecule is N#C[S-].N#C[S-].NC(N)=S. The highest BCUT2D eigenvalue weighted by Gasteiger charge is 1.53. The van der Waals surface area contributed by atoms with Gasteiger partial charge in [-0.3, -0.25) is 0 Å². The summed E-state index contributed by atoms with van der Waals surface area (Å²) in [5.74, 6) is 0. The predicted octanol–water partition coefficient (Wildman–Crippen LogP) is -0.783. The Balaban J connectivity index is -0.0000000750. The summed E-state index contributed by atoms with van der Waals surface area (Å²) in [6.45, 7) is 0. The molecule has 0 atom stereocenters. The maximum Gasteiger partial charge on any atom is 0.160 e. The van der Waals surface area contributed by atoms with E-state index in [4.69, 9.17) is 10.5 Å². The molecule has 0 aliphatic carbocycles. The topological polar surface area (TPSA) is 99.6 Å². The molecule has 0 aromatic carbocycles. The van der Waals surface area contributed by atoms with E-state index >= 15 is 0 Å². The zero-order valence-electron chi connectivity index (χ0n) is 4.77. The summed E-state index contributed by atoms with van der Waals surface area (Å²) in [5, 5.41) is 16.9. The van der Waals surface area contributed by atoms with E-state index in [0.29, 0.717) is 0 Å². The van der Waals surface area contributed by atoms with Gasteiger partial charge in [-0.1, -0.05) is 10.8 Å². The van der Waals surface area contributed by atoms with Gasteiger partial charge >= 0.3 is 0 Å². The Bertz CT molecular complexity index is 127. The molecule has 56 valence electrons. The molecule has 0 unspecified atom stereocenters. The molecule has 7 heteroatoms. The number of nitrogens with two attached hydrogens (primary N) is 2. The largest absolute Gasteiger partial charge is 0.696 e. The normalized spacial score (nSPS) is 3.80. The fourth-order valence-electron chi connectivity index (χ4n) is 0. The van der Waals surface area contributed by atoms with Crippen LogP contribution in [0.1, 0.15) is 0 Å². The quantitative estimate of drug-likeness (QED) is 0.295. The monoisotopic (exact) mass is 192 g/mol. The molecule has 0 aliphatic rings. The Hall–Kier alpha value is -0.890. The molecular formula is C3H4N4S3-2. The average molecular weight is 192 g/mol. The fourth-order valence-corrected chi connectivity index (χ4v) is 0. The van der Waals surface area contributed by atoms with Gasteiger partial charge in [0.05, 0.1) is 0 Å². The Labute approximate surface area is 75.6 Å². The van der Waals surface area contributed by atoms with Crippen LogP contribution < -0.4 is 11.5 Å². The molecule has 0 saturated heterocycles. The van der Waals surface area contributed by atoms with Crippen LogP contribution in [-0.4, -0.2) is 5.11 Å². The van der Waals surface area contributed by atoms with Crippen LogP contribution in [0, 0.1) is 21.3 Å². The summed E-state index contributed by atoms with van der Waals surface area (Å²) in [5.41, 5.74) is 9.24. The third-order valence-electron chi connectivity index (χ3n) is 0. The highest BCUT2D eigenvalue weighted by molar-refractivity contribution is 7.80. The number of thiocyanates is 2. The number of nitrogens with zero attached hydrogens (tertiary/aromatic N) is 2. The van der Waals surface area contributed by atoms with Gasteiger partial charge in [0.2, 0.25) is 0 Å². The lowest BCUT2D eigenvalue weighted by molar-refractivity contribution is 1.57. The Kier molecular flexibility index (Phi) is 39.0. The second kappa shape index (κ2) is 24.3. The van der Waals surface area contributed by atoms with Gasteiger partial charge < -0.3 is 36.7 Å². The molecule has 0 bridgehead atoms. The summed E-state index contributed by atoms with van der Waals surface area (Å²) < 4.78 is 0. The Morgan fingerprint density at radius 1 is 1.20 bits per heavy atom. The van der Waals surface area contributed by atoms with E-state index in [1.165, 1.54) is 10.8 Å². The van der Waals surface area contributed by atoms with E-state index in [1.807, 2.05) is 0 Å². The zero-order chi connectivity index (χ0) is 8.99. The second-order valence-corrected chi connectivity index (χ2v) is 1.42. The number of thiocarbonyl (C=S) groups is 1. The Morgan fingerprint density at radius 2 is 1.20 bits per heavy atom. The molecule has 0 spiro atoms. The molecule has 4 nitrogen and oxygen atoms in total. The molecule has 0 aromatic heterocycles. The van der Waals surface area contributed by atoms with Crippen molar-refractivity contribution in [3.63, 3.8) is 0 Å². The summed E-state index contributed by atoms with van der Waals surface area (Å²) in [7, 11) is 0. The first-order valence-electron chi connectivity index (χ1n) is 1.64. The lowest BCUT2D eigenvalue weighted by Crippen LogP contribution is -2.18. The van der Waals surface area contributed by atoms with Crippen molar-refractivity contribution in [3.05, 3.63) is 0 Å².